The average Bonchev–Trinajstić information content (AvgIpc) is 3.15. The molecule has 4 nitrogen and oxygen atoms in total. The minimum Gasteiger partial charge on any atom is -0.315 e. The lowest BCUT2D eigenvalue weighted by molar-refractivity contribution is 0.517. The lowest BCUT2D eigenvalue weighted by Crippen LogP contribution is -2.27. The molecule has 1 saturated carbocycles. The molecule has 7 heteroatoms. The number of benzene rings is 1. The van der Waals surface area contributed by atoms with Crippen LogP contribution < -0.4 is 10.0 Å². The Morgan fingerprint density at radius 1 is 1.32 bits per heavy atom. The topological polar surface area (TPSA) is 58.2 Å². The Labute approximate surface area is 111 Å². The molecule has 1 aromatic rings. The Morgan fingerprint density at radius 3 is 2.58 bits per heavy atom. The van der Waals surface area contributed by atoms with E-state index in [1.54, 1.807) is 0 Å². The average molecular weight is 290 g/mol. The third-order valence-electron chi connectivity index (χ3n) is 3.05. The lowest BCUT2D eigenvalue weighted by atomic mass is 10.2. The van der Waals surface area contributed by atoms with Gasteiger partial charge in [0.2, 0.25) is 10.0 Å². The van der Waals surface area contributed by atoms with Gasteiger partial charge in [-0.25, -0.2) is 21.9 Å². The van der Waals surface area contributed by atoms with Gasteiger partial charge in [-0.2, -0.15) is 0 Å². The van der Waals surface area contributed by atoms with Crippen molar-refractivity contribution in [3.63, 3.8) is 0 Å². The van der Waals surface area contributed by atoms with Crippen molar-refractivity contribution in [2.75, 3.05) is 13.6 Å². The number of hydrogen-bond donors (Lipinski definition) is 2. The van der Waals surface area contributed by atoms with Crippen molar-refractivity contribution in [2.24, 2.45) is 5.92 Å². The molecule has 0 unspecified atom stereocenters. The van der Waals surface area contributed by atoms with Crippen molar-refractivity contribution in [2.45, 2.75) is 24.3 Å². The summed E-state index contributed by atoms with van der Waals surface area (Å²) in [6, 6.07) is 1.93. The predicted octanol–water partition coefficient (Wildman–Crippen LogP) is 1.37. The van der Waals surface area contributed by atoms with Crippen molar-refractivity contribution in [1.29, 1.82) is 0 Å². The molecule has 0 amide bonds. The van der Waals surface area contributed by atoms with E-state index in [0.29, 0.717) is 12.5 Å². The number of sulfonamides is 1. The molecule has 1 aliphatic carbocycles. The Hall–Kier alpha value is -1.05. The molecule has 0 spiro atoms. The van der Waals surface area contributed by atoms with Gasteiger partial charge in [0.25, 0.3) is 0 Å². The van der Waals surface area contributed by atoms with E-state index in [0.717, 1.165) is 25.0 Å². The van der Waals surface area contributed by atoms with Crippen LogP contribution in [0, 0.1) is 17.6 Å². The van der Waals surface area contributed by atoms with Crippen LogP contribution in [0.15, 0.2) is 17.0 Å². The summed E-state index contributed by atoms with van der Waals surface area (Å²) in [7, 11) is -2.39. The second-order valence-corrected chi connectivity index (χ2v) is 6.40. The second-order valence-electron chi connectivity index (χ2n) is 4.66. The molecule has 1 aromatic carbocycles. The molecule has 0 saturated heterocycles. The molecule has 1 fully saturated rings. The van der Waals surface area contributed by atoms with Crippen molar-refractivity contribution in [1.82, 2.24) is 10.0 Å². The van der Waals surface area contributed by atoms with Gasteiger partial charge < -0.3 is 5.32 Å². The molecule has 19 heavy (non-hydrogen) atoms. The third-order valence-corrected chi connectivity index (χ3v) is 4.49. The maximum atomic E-state index is 14.1. The number of halogens is 2. The van der Waals surface area contributed by atoms with Gasteiger partial charge in [-0.15, -0.1) is 0 Å². The van der Waals surface area contributed by atoms with Crippen LogP contribution in [0.2, 0.25) is 0 Å². The summed E-state index contributed by atoms with van der Waals surface area (Å²) in [5.41, 5.74) is -0.267. The first kappa shape index (κ1) is 14.4. The highest BCUT2D eigenvalue weighted by Gasteiger charge is 2.27. The number of hydrogen-bond acceptors (Lipinski definition) is 3. The van der Waals surface area contributed by atoms with Crippen molar-refractivity contribution in [3.8, 4) is 0 Å². The Kier molecular flexibility index (Phi) is 4.17. The highest BCUT2D eigenvalue weighted by molar-refractivity contribution is 7.89. The molecule has 0 aliphatic heterocycles. The van der Waals surface area contributed by atoms with Crippen LogP contribution in [-0.4, -0.2) is 22.0 Å². The first-order chi connectivity index (χ1) is 8.95. The van der Waals surface area contributed by atoms with E-state index >= 15 is 0 Å². The van der Waals surface area contributed by atoms with E-state index in [1.807, 2.05) is 0 Å². The fourth-order valence-electron chi connectivity index (χ4n) is 1.75. The summed E-state index contributed by atoms with van der Waals surface area (Å²) in [6.45, 7) is 0.240. The zero-order chi connectivity index (χ0) is 14.0. The molecule has 0 aromatic heterocycles. The SMILES string of the molecule is CNCc1c(F)ccc(S(=O)(=O)NCC2CC2)c1F. The zero-order valence-corrected chi connectivity index (χ0v) is 11.4. The first-order valence-corrected chi connectivity index (χ1v) is 7.55. The molecule has 106 valence electrons. The summed E-state index contributed by atoms with van der Waals surface area (Å²) in [6.07, 6.45) is 1.97. The van der Waals surface area contributed by atoms with Gasteiger partial charge in [0, 0.05) is 18.7 Å². The van der Waals surface area contributed by atoms with Gasteiger partial charge in [-0.3, -0.25) is 0 Å². The van der Waals surface area contributed by atoms with E-state index in [4.69, 9.17) is 0 Å². The van der Waals surface area contributed by atoms with Crippen LogP contribution in [0.4, 0.5) is 8.78 Å². The van der Waals surface area contributed by atoms with Crippen LogP contribution in [-0.2, 0) is 16.6 Å². The fraction of sp³-hybridized carbons (Fsp3) is 0.500. The van der Waals surface area contributed by atoms with E-state index in [1.165, 1.54) is 7.05 Å². The van der Waals surface area contributed by atoms with Crippen LogP contribution in [0.5, 0.6) is 0 Å². The summed E-state index contributed by atoms with van der Waals surface area (Å²) in [5, 5.41) is 2.61. The van der Waals surface area contributed by atoms with Gasteiger partial charge in [0.05, 0.1) is 0 Å². The predicted molar refractivity (Wildman–Crippen MR) is 67.0 cm³/mol. The zero-order valence-electron chi connectivity index (χ0n) is 10.5. The van der Waals surface area contributed by atoms with Gasteiger partial charge in [-0.1, -0.05) is 0 Å². The molecule has 0 bridgehead atoms. The van der Waals surface area contributed by atoms with E-state index in [2.05, 4.69) is 10.0 Å². The number of rotatable bonds is 6. The van der Waals surface area contributed by atoms with E-state index in [-0.39, 0.29) is 12.1 Å². The van der Waals surface area contributed by atoms with E-state index in [9.17, 15) is 17.2 Å². The van der Waals surface area contributed by atoms with Crippen molar-refractivity contribution in [3.05, 3.63) is 29.3 Å². The highest BCUT2D eigenvalue weighted by Crippen LogP contribution is 2.28. The number of nitrogens with one attached hydrogen (secondary N) is 2. The molecule has 0 radical (unpaired) electrons. The van der Waals surface area contributed by atoms with Crippen molar-refractivity contribution < 1.29 is 17.2 Å². The summed E-state index contributed by atoms with van der Waals surface area (Å²) < 4.78 is 53.8. The maximum absolute atomic E-state index is 14.1. The van der Waals surface area contributed by atoms with Crippen LogP contribution in [0.1, 0.15) is 18.4 Å². The fourth-order valence-corrected chi connectivity index (χ4v) is 2.97. The smallest absolute Gasteiger partial charge is 0.243 e. The summed E-state index contributed by atoms with van der Waals surface area (Å²) in [4.78, 5) is -0.500. The summed E-state index contributed by atoms with van der Waals surface area (Å²) in [5.74, 6) is -1.44. The minimum absolute atomic E-state index is 0.0658. The molecular weight excluding hydrogens is 274 g/mol. The molecule has 2 N–H and O–H groups in total. The van der Waals surface area contributed by atoms with Crippen molar-refractivity contribution >= 4 is 10.0 Å². The normalized spacial score (nSPS) is 15.7. The largest absolute Gasteiger partial charge is 0.315 e. The molecular formula is C12H16F2N2O2S. The van der Waals surface area contributed by atoms with Gasteiger partial charge >= 0.3 is 0 Å². The van der Waals surface area contributed by atoms with Gasteiger partial charge in [-0.05, 0) is 37.9 Å². The Bertz CT molecular complexity index is 571. The summed E-state index contributed by atoms with van der Waals surface area (Å²) >= 11 is 0. The van der Waals surface area contributed by atoms with Gasteiger partial charge in [0.1, 0.15) is 10.7 Å². The second kappa shape index (κ2) is 5.52. The van der Waals surface area contributed by atoms with Gasteiger partial charge in [0.15, 0.2) is 5.82 Å². The third kappa shape index (κ3) is 3.29. The first-order valence-electron chi connectivity index (χ1n) is 6.07. The maximum Gasteiger partial charge on any atom is 0.243 e. The van der Waals surface area contributed by atoms with Crippen LogP contribution in [0.25, 0.3) is 0 Å². The Balaban J connectivity index is 2.29. The molecule has 0 heterocycles. The molecule has 2 rings (SSSR count). The standard InChI is InChI=1S/C12H16F2N2O2S/c1-15-7-9-10(13)4-5-11(12(9)14)19(17,18)16-6-8-2-3-8/h4-5,8,15-16H,2-3,6-7H2,1H3. The molecule has 0 atom stereocenters. The molecule has 1 aliphatic rings. The minimum atomic E-state index is -3.92. The van der Waals surface area contributed by atoms with Crippen LogP contribution >= 0.6 is 0 Å². The van der Waals surface area contributed by atoms with Crippen LogP contribution in [0.3, 0.4) is 0 Å². The Morgan fingerprint density at radius 2 is 2.00 bits per heavy atom. The monoisotopic (exact) mass is 290 g/mol. The van der Waals surface area contributed by atoms with E-state index < -0.39 is 26.6 Å². The lowest BCUT2D eigenvalue weighted by Gasteiger charge is -2.11. The quantitative estimate of drug-likeness (QED) is 0.832. The highest BCUT2D eigenvalue weighted by atomic mass is 32.2.